The average Bonchev–Trinajstić information content (AvgIpc) is 3.48. The Morgan fingerprint density at radius 1 is 0.906 bits per heavy atom. The number of para-hydroxylation sites is 1. The third-order valence-corrected chi connectivity index (χ3v) is 6.84. The first-order valence-corrected chi connectivity index (χ1v) is 11.9. The number of hydrogen-bond acceptors (Lipinski definition) is 5. The molecule has 3 heterocycles. The zero-order chi connectivity index (χ0) is 22.0. The molecule has 5 rings (SSSR count). The molecular weight excluding hydrogens is 404 g/mol. The fourth-order valence-electron chi connectivity index (χ4n) is 5.13. The number of nitrogens with one attached hydrogen (secondary N) is 1. The number of carbonyl (C=O) groups is 1. The van der Waals surface area contributed by atoms with E-state index in [1.165, 1.54) is 32.1 Å². The number of anilines is 1. The molecule has 1 atom stereocenters. The molecule has 6 heteroatoms. The summed E-state index contributed by atoms with van der Waals surface area (Å²) >= 11 is 0. The van der Waals surface area contributed by atoms with Gasteiger partial charge in [-0.3, -0.25) is 4.79 Å². The van der Waals surface area contributed by atoms with Gasteiger partial charge in [-0.15, -0.1) is 0 Å². The van der Waals surface area contributed by atoms with Gasteiger partial charge in [-0.25, -0.2) is 0 Å². The third kappa shape index (κ3) is 3.51. The van der Waals surface area contributed by atoms with Crippen molar-refractivity contribution < 1.29 is 19.0 Å². The second-order valence-corrected chi connectivity index (χ2v) is 8.89. The first kappa shape index (κ1) is 21.1. The lowest BCUT2D eigenvalue weighted by Gasteiger charge is -2.23. The zero-order valence-electron chi connectivity index (χ0n) is 18.8. The van der Waals surface area contributed by atoms with Crippen LogP contribution in [0.25, 0.3) is 0 Å². The van der Waals surface area contributed by atoms with Crippen LogP contribution in [0.3, 0.4) is 0 Å². The van der Waals surface area contributed by atoms with Crippen molar-refractivity contribution >= 4 is 11.6 Å². The van der Waals surface area contributed by atoms with E-state index >= 15 is 0 Å². The summed E-state index contributed by atoms with van der Waals surface area (Å²) in [5.74, 6) is 2.16. The van der Waals surface area contributed by atoms with Crippen LogP contribution < -0.4 is 24.4 Å². The highest BCUT2D eigenvalue weighted by molar-refractivity contribution is 6.11. The number of unbranched alkanes of at least 4 members (excludes halogenated alkanes) is 4. The monoisotopic (exact) mass is 436 g/mol. The molecule has 0 saturated carbocycles. The first-order valence-electron chi connectivity index (χ1n) is 11.9. The maximum absolute atomic E-state index is 13.9. The lowest BCUT2D eigenvalue weighted by molar-refractivity contribution is -0.122. The van der Waals surface area contributed by atoms with Gasteiger partial charge in [0, 0.05) is 23.9 Å². The maximum Gasteiger partial charge on any atom is 0.245 e. The minimum absolute atomic E-state index is 0.0934. The van der Waals surface area contributed by atoms with Gasteiger partial charge in [-0.1, -0.05) is 50.8 Å². The minimum Gasteiger partial charge on any atom is -0.491 e. The molecule has 2 aromatic carbocycles. The summed E-state index contributed by atoms with van der Waals surface area (Å²) in [6, 6.07) is 11.9. The van der Waals surface area contributed by atoms with E-state index in [-0.39, 0.29) is 12.7 Å². The molecule has 170 valence electrons. The molecule has 1 N–H and O–H groups in total. The van der Waals surface area contributed by atoms with Crippen molar-refractivity contribution in [1.29, 1.82) is 0 Å². The Balaban J connectivity index is 1.29. The summed E-state index contributed by atoms with van der Waals surface area (Å²) in [7, 11) is 0. The van der Waals surface area contributed by atoms with Gasteiger partial charge in [-0.2, -0.15) is 0 Å². The van der Waals surface area contributed by atoms with Crippen LogP contribution in [0.15, 0.2) is 36.4 Å². The van der Waals surface area contributed by atoms with Crippen LogP contribution in [0.2, 0.25) is 0 Å². The molecule has 3 aliphatic rings. The molecule has 1 amide bonds. The molecule has 0 aliphatic carbocycles. The number of benzene rings is 2. The van der Waals surface area contributed by atoms with Crippen LogP contribution in [0.1, 0.15) is 56.6 Å². The number of amides is 1. The molecule has 6 nitrogen and oxygen atoms in total. The number of hydrogen-bond donors (Lipinski definition) is 1. The van der Waals surface area contributed by atoms with Crippen LogP contribution >= 0.6 is 0 Å². The van der Waals surface area contributed by atoms with E-state index < -0.39 is 5.41 Å². The van der Waals surface area contributed by atoms with E-state index in [0.717, 1.165) is 36.3 Å². The Hall–Kier alpha value is -2.73. The molecule has 0 saturated heterocycles. The van der Waals surface area contributed by atoms with E-state index in [4.69, 9.17) is 14.2 Å². The predicted molar refractivity (Wildman–Crippen MR) is 124 cm³/mol. The summed E-state index contributed by atoms with van der Waals surface area (Å²) in [6.45, 7) is 5.41. The molecule has 32 heavy (non-hydrogen) atoms. The number of rotatable bonds is 10. The van der Waals surface area contributed by atoms with Gasteiger partial charge in [0.2, 0.25) is 12.7 Å². The van der Waals surface area contributed by atoms with E-state index in [0.29, 0.717) is 30.4 Å². The summed E-state index contributed by atoms with van der Waals surface area (Å²) in [5.41, 5.74) is 2.09. The highest BCUT2D eigenvalue weighted by Crippen LogP contribution is 2.54. The average molecular weight is 437 g/mol. The third-order valence-electron chi connectivity index (χ3n) is 6.84. The fourth-order valence-corrected chi connectivity index (χ4v) is 5.13. The Labute approximate surface area is 189 Å². The highest BCUT2D eigenvalue weighted by Gasteiger charge is 2.57. The number of ether oxygens (including phenoxy) is 3. The molecule has 0 bridgehead atoms. The quantitative estimate of drug-likeness (QED) is 0.560. The highest BCUT2D eigenvalue weighted by atomic mass is 16.7. The van der Waals surface area contributed by atoms with E-state index in [1.54, 1.807) is 0 Å². The Morgan fingerprint density at radius 3 is 2.56 bits per heavy atom. The SMILES string of the molecule is CCCCCCCNCCCN1C(=O)C2(COc3cc4c(cc32)OCO4)c2ccccc21. The van der Waals surface area contributed by atoms with Crippen molar-refractivity contribution in [3.05, 3.63) is 47.5 Å². The van der Waals surface area contributed by atoms with Crippen molar-refractivity contribution in [3.63, 3.8) is 0 Å². The van der Waals surface area contributed by atoms with Crippen LogP contribution in [-0.2, 0) is 10.2 Å². The molecule has 0 fully saturated rings. The summed E-state index contributed by atoms with van der Waals surface area (Å²) in [5, 5.41) is 3.54. The lowest BCUT2D eigenvalue weighted by atomic mass is 9.77. The minimum atomic E-state index is -0.806. The standard InChI is InChI=1S/C26H32N2O4/c1-2-3-4-5-8-12-27-13-9-14-28-21-11-7-6-10-19(21)26(25(28)29)17-30-22-16-24-23(15-20(22)26)31-18-32-24/h6-7,10-11,15-16,27H,2-5,8-9,12-14,17-18H2,1H3. The summed E-state index contributed by atoms with van der Waals surface area (Å²) in [6.07, 6.45) is 7.35. The Kier molecular flexibility index (Phi) is 5.96. The molecule has 0 aromatic heterocycles. The van der Waals surface area contributed by atoms with Gasteiger partial charge in [0.05, 0.1) is 0 Å². The predicted octanol–water partition coefficient (Wildman–Crippen LogP) is 4.39. The van der Waals surface area contributed by atoms with Gasteiger partial charge in [0.15, 0.2) is 11.5 Å². The molecule has 2 aromatic rings. The lowest BCUT2D eigenvalue weighted by Crippen LogP contribution is -2.43. The first-order chi connectivity index (χ1) is 15.8. The van der Waals surface area contributed by atoms with Gasteiger partial charge < -0.3 is 24.4 Å². The van der Waals surface area contributed by atoms with Crippen molar-refractivity contribution in [2.75, 3.05) is 37.9 Å². The Morgan fingerprint density at radius 2 is 1.69 bits per heavy atom. The fraction of sp³-hybridized carbons (Fsp3) is 0.500. The van der Waals surface area contributed by atoms with E-state index in [9.17, 15) is 4.79 Å². The molecule has 3 aliphatic heterocycles. The van der Waals surface area contributed by atoms with Crippen molar-refractivity contribution in [3.8, 4) is 17.2 Å². The smallest absolute Gasteiger partial charge is 0.245 e. The Bertz CT molecular complexity index is 992. The van der Waals surface area contributed by atoms with Gasteiger partial charge in [-0.05, 0) is 43.6 Å². The summed E-state index contributed by atoms with van der Waals surface area (Å²) in [4.78, 5) is 15.8. The largest absolute Gasteiger partial charge is 0.491 e. The van der Waals surface area contributed by atoms with E-state index in [1.807, 2.05) is 35.2 Å². The normalized spacial score (nSPS) is 20.0. The zero-order valence-corrected chi connectivity index (χ0v) is 18.8. The molecule has 1 spiro atoms. The molecule has 1 unspecified atom stereocenters. The molecule has 0 radical (unpaired) electrons. The maximum atomic E-state index is 13.9. The van der Waals surface area contributed by atoms with Crippen LogP contribution in [0.5, 0.6) is 17.2 Å². The molecular formula is C26H32N2O4. The second kappa shape index (κ2) is 9.02. The van der Waals surface area contributed by atoms with Gasteiger partial charge >= 0.3 is 0 Å². The van der Waals surface area contributed by atoms with E-state index in [2.05, 4.69) is 18.3 Å². The van der Waals surface area contributed by atoms with Crippen molar-refractivity contribution in [2.45, 2.75) is 50.9 Å². The topological polar surface area (TPSA) is 60.0 Å². The van der Waals surface area contributed by atoms with Gasteiger partial charge in [0.25, 0.3) is 0 Å². The number of nitrogens with zero attached hydrogens (tertiary/aromatic N) is 1. The summed E-state index contributed by atoms with van der Waals surface area (Å²) < 4.78 is 17.1. The van der Waals surface area contributed by atoms with Crippen molar-refractivity contribution in [2.24, 2.45) is 0 Å². The number of fused-ring (bicyclic) bond motifs is 5. The number of carbonyl (C=O) groups excluding carboxylic acids is 1. The second-order valence-electron chi connectivity index (χ2n) is 8.89. The van der Waals surface area contributed by atoms with Crippen LogP contribution in [0.4, 0.5) is 5.69 Å². The van der Waals surface area contributed by atoms with Gasteiger partial charge in [0.1, 0.15) is 17.8 Å². The van der Waals surface area contributed by atoms with Crippen molar-refractivity contribution in [1.82, 2.24) is 5.32 Å². The van der Waals surface area contributed by atoms with Crippen LogP contribution in [0, 0.1) is 0 Å². The van der Waals surface area contributed by atoms with Crippen LogP contribution in [-0.4, -0.2) is 38.9 Å².